The van der Waals surface area contributed by atoms with Crippen LogP contribution in [0.2, 0.25) is 0 Å². The second-order valence-corrected chi connectivity index (χ2v) is 8.26. The number of esters is 1. The van der Waals surface area contributed by atoms with E-state index in [9.17, 15) is 9.59 Å². The average molecular weight is 466 g/mol. The first-order chi connectivity index (χ1) is 16.5. The summed E-state index contributed by atoms with van der Waals surface area (Å²) in [5.41, 5.74) is 2.35. The first kappa shape index (κ1) is 23.6. The van der Waals surface area contributed by atoms with Crippen molar-refractivity contribution >= 4 is 28.9 Å². The van der Waals surface area contributed by atoms with Gasteiger partial charge in [0.2, 0.25) is 11.9 Å². The van der Waals surface area contributed by atoms with E-state index in [2.05, 4.69) is 6.92 Å². The summed E-state index contributed by atoms with van der Waals surface area (Å²) in [4.78, 5) is 33.6. The number of rotatable bonds is 9. The third-order valence-electron chi connectivity index (χ3n) is 6.22. The zero-order valence-corrected chi connectivity index (χ0v) is 20.1. The summed E-state index contributed by atoms with van der Waals surface area (Å²) in [6, 6.07) is 12.5. The molecular formula is C26H31N3O5. The Bertz CT molecular complexity index is 1190. The zero-order chi connectivity index (χ0) is 24.2. The normalized spacial score (nSPS) is 17.5. The number of anilines is 1. The number of imidazole rings is 1. The van der Waals surface area contributed by atoms with Gasteiger partial charge in [0.05, 0.1) is 37.9 Å². The molecule has 2 heterocycles. The predicted octanol–water partition coefficient (Wildman–Crippen LogP) is 4.36. The first-order valence-electron chi connectivity index (χ1n) is 11.7. The molecule has 0 fully saturated rings. The largest absolute Gasteiger partial charge is 0.493 e. The number of amides is 1. The fraction of sp³-hybridized carbons (Fsp3) is 0.423. The van der Waals surface area contributed by atoms with Crippen LogP contribution in [0.15, 0.2) is 42.5 Å². The van der Waals surface area contributed by atoms with E-state index in [1.54, 1.807) is 32.1 Å². The van der Waals surface area contributed by atoms with Crippen molar-refractivity contribution in [1.29, 1.82) is 0 Å². The van der Waals surface area contributed by atoms with Gasteiger partial charge in [-0.05, 0) is 43.2 Å². The van der Waals surface area contributed by atoms with Gasteiger partial charge in [-0.15, -0.1) is 0 Å². The molecule has 0 N–H and O–H groups in total. The molecule has 2 aromatic carbocycles. The van der Waals surface area contributed by atoms with Gasteiger partial charge in [-0.25, -0.2) is 4.98 Å². The minimum Gasteiger partial charge on any atom is -0.493 e. The Labute approximate surface area is 199 Å². The number of hydrogen-bond acceptors (Lipinski definition) is 6. The maximum absolute atomic E-state index is 13.9. The number of ether oxygens (including phenoxy) is 3. The molecule has 0 saturated carbocycles. The molecule has 180 valence electrons. The van der Waals surface area contributed by atoms with Gasteiger partial charge < -0.3 is 18.8 Å². The molecule has 0 saturated heterocycles. The van der Waals surface area contributed by atoms with E-state index in [4.69, 9.17) is 19.2 Å². The summed E-state index contributed by atoms with van der Waals surface area (Å²) in [6.45, 7) is 4.54. The predicted molar refractivity (Wildman–Crippen MR) is 129 cm³/mol. The second kappa shape index (κ2) is 10.2. The van der Waals surface area contributed by atoms with Crippen LogP contribution in [0, 0.1) is 5.92 Å². The number of methoxy groups -OCH3 is 2. The van der Waals surface area contributed by atoms with Crippen LogP contribution in [-0.4, -0.2) is 48.8 Å². The van der Waals surface area contributed by atoms with E-state index in [-0.39, 0.29) is 12.5 Å². The van der Waals surface area contributed by atoms with E-state index in [1.807, 2.05) is 41.0 Å². The molecule has 2 atom stereocenters. The standard InChI is InChI=1S/C26H31N3O5/c1-5-7-10-15-28-24(30)22(25(31)34-6-2)23(17-13-14-20(32-3)21(16-17)33-4)29-19-12-9-8-11-18(19)27-26(28)29/h8-9,11-14,16,22-23H,5-7,10,15H2,1-4H3/t22-,23-/m1/s1. The lowest BCUT2D eigenvalue weighted by atomic mass is 9.89. The minimum atomic E-state index is -1.05. The fourth-order valence-electron chi connectivity index (χ4n) is 4.62. The van der Waals surface area contributed by atoms with Crippen molar-refractivity contribution in [2.45, 2.75) is 39.2 Å². The fourth-order valence-corrected chi connectivity index (χ4v) is 4.62. The van der Waals surface area contributed by atoms with Gasteiger partial charge in [0, 0.05) is 6.54 Å². The van der Waals surface area contributed by atoms with Gasteiger partial charge in [-0.3, -0.25) is 14.5 Å². The van der Waals surface area contributed by atoms with E-state index < -0.39 is 17.9 Å². The number of benzene rings is 2. The maximum Gasteiger partial charge on any atom is 0.321 e. The van der Waals surface area contributed by atoms with Crippen LogP contribution in [0.25, 0.3) is 11.0 Å². The molecule has 8 heteroatoms. The lowest BCUT2D eigenvalue weighted by Gasteiger charge is -2.38. The Morgan fingerprint density at radius 3 is 2.50 bits per heavy atom. The van der Waals surface area contributed by atoms with Crippen LogP contribution in [-0.2, 0) is 14.3 Å². The Morgan fingerprint density at radius 2 is 1.79 bits per heavy atom. The number of hydrogen-bond donors (Lipinski definition) is 0. The monoisotopic (exact) mass is 465 g/mol. The quantitative estimate of drug-likeness (QED) is 0.265. The molecule has 1 amide bonds. The second-order valence-electron chi connectivity index (χ2n) is 8.26. The molecule has 8 nitrogen and oxygen atoms in total. The summed E-state index contributed by atoms with van der Waals surface area (Å²) < 4.78 is 18.3. The molecule has 0 unspecified atom stereocenters. The van der Waals surface area contributed by atoms with Crippen LogP contribution in [0.4, 0.5) is 5.95 Å². The highest BCUT2D eigenvalue weighted by Gasteiger charge is 2.47. The van der Waals surface area contributed by atoms with Gasteiger partial charge in [-0.1, -0.05) is 38.0 Å². The number of carbonyl (C=O) groups is 2. The van der Waals surface area contributed by atoms with E-state index in [0.29, 0.717) is 24.0 Å². The van der Waals surface area contributed by atoms with E-state index in [0.717, 1.165) is 35.9 Å². The van der Waals surface area contributed by atoms with Crippen molar-refractivity contribution in [2.24, 2.45) is 5.92 Å². The first-order valence-corrected chi connectivity index (χ1v) is 11.7. The Kier molecular flexibility index (Phi) is 7.05. The number of aromatic nitrogens is 2. The van der Waals surface area contributed by atoms with Crippen LogP contribution in [0.3, 0.4) is 0 Å². The highest BCUT2D eigenvalue weighted by atomic mass is 16.5. The van der Waals surface area contributed by atoms with Crippen LogP contribution < -0.4 is 14.4 Å². The van der Waals surface area contributed by atoms with Crippen molar-refractivity contribution in [3.63, 3.8) is 0 Å². The molecule has 1 aliphatic heterocycles. The molecule has 3 aromatic rings. The molecule has 0 radical (unpaired) electrons. The number of carbonyl (C=O) groups excluding carboxylic acids is 2. The third-order valence-corrected chi connectivity index (χ3v) is 6.22. The summed E-state index contributed by atoms with van der Waals surface area (Å²) >= 11 is 0. The summed E-state index contributed by atoms with van der Waals surface area (Å²) in [5, 5.41) is 0. The van der Waals surface area contributed by atoms with Gasteiger partial charge in [-0.2, -0.15) is 0 Å². The topological polar surface area (TPSA) is 82.9 Å². The summed E-state index contributed by atoms with van der Waals surface area (Å²) in [7, 11) is 3.13. The molecule has 4 rings (SSSR count). The highest BCUT2D eigenvalue weighted by molar-refractivity contribution is 6.08. The van der Waals surface area contributed by atoms with Gasteiger partial charge in [0.1, 0.15) is 0 Å². The van der Waals surface area contributed by atoms with Crippen molar-refractivity contribution in [1.82, 2.24) is 9.55 Å². The molecule has 1 aliphatic rings. The maximum atomic E-state index is 13.9. The number of nitrogens with zero attached hydrogens (tertiary/aromatic N) is 3. The zero-order valence-electron chi connectivity index (χ0n) is 20.1. The van der Waals surface area contributed by atoms with Crippen molar-refractivity contribution in [3.8, 4) is 11.5 Å². The molecule has 0 bridgehead atoms. The Hall–Kier alpha value is -3.55. The lowest BCUT2D eigenvalue weighted by molar-refractivity contribution is -0.153. The van der Waals surface area contributed by atoms with Gasteiger partial charge in [0.25, 0.3) is 0 Å². The van der Waals surface area contributed by atoms with E-state index >= 15 is 0 Å². The molecular weight excluding hydrogens is 434 g/mol. The van der Waals surface area contributed by atoms with Crippen LogP contribution in [0.1, 0.15) is 44.7 Å². The van der Waals surface area contributed by atoms with Gasteiger partial charge >= 0.3 is 5.97 Å². The molecule has 0 spiro atoms. The average Bonchev–Trinajstić information content (AvgIpc) is 3.23. The van der Waals surface area contributed by atoms with Crippen molar-refractivity contribution < 1.29 is 23.8 Å². The minimum absolute atomic E-state index is 0.189. The van der Waals surface area contributed by atoms with Crippen molar-refractivity contribution in [3.05, 3.63) is 48.0 Å². The number of para-hydroxylation sites is 2. The Balaban J connectivity index is 1.95. The third kappa shape index (κ3) is 4.08. The highest BCUT2D eigenvalue weighted by Crippen LogP contribution is 2.43. The van der Waals surface area contributed by atoms with E-state index in [1.165, 1.54) is 0 Å². The lowest BCUT2D eigenvalue weighted by Crippen LogP contribution is -2.50. The Morgan fingerprint density at radius 1 is 1.03 bits per heavy atom. The summed E-state index contributed by atoms with van der Waals surface area (Å²) in [6.07, 6.45) is 2.82. The van der Waals surface area contributed by atoms with Gasteiger partial charge in [0.15, 0.2) is 17.4 Å². The van der Waals surface area contributed by atoms with Crippen LogP contribution >= 0.6 is 0 Å². The number of fused-ring (bicyclic) bond motifs is 3. The smallest absolute Gasteiger partial charge is 0.321 e. The SMILES string of the molecule is CCCCCN1C(=O)[C@H](C(=O)OCC)[C@@H](c2ccc(OC)c(OC)c2)n2c1nc1ccccc12. The number of unbranched alkanes of at least 4 members (excludes halogenated alkanes) is 2. The van der Waals surface area contributed by atoms with Crippen LogP contribution in [0.5, 0.6) is 11.5 Å². The molecule has 1 aromatic heterocycles. The molecule has 34 heavy (non-hydrogen) atoms. The molecule has 0 aliphatic carbocycles. The van der Waals surface area contributed by atoms with Crippen molar-refractivity contribution in [2.75, 3.05) is 32.3 Å². The summed E-state index contributed by atoms with van der Waals surface area (Å²) in [5.74, 6) is -0.259.